The quantitative estimate of drug-likeness (QED) is 0.568. The molecule has 130 valence electrons. The lowest BCUT2D eigenvalue weighted by molar-refractivity contribution is -0.385. The second-order valence-electron chi connectivity index (χ2n) is 5.17. The van der Waals surface area contributed by atoms with E-state index in [1.165, 1.54) is 18.0 Å². The van der Waals surface area contributed by atoms with Crippen molar-refractivity contribution in [3.63, 3.8) is 0 Å². The average Bonchev–Trinajstić information content (AvgIpc) is 3.14. The van der Waals surface area contributed by atoms with Crippen molar-refractivity contribution < 1.29 is 14.5 Å². The lowest BCUT2D eigenvalue weighted by Gasteiger charge is -2.04. The summed E-state index contributed by atoms with van der Waals surface area (Å²) in [6.45, 7) is 5.28. The van der Waals surface area contributed by atoms with Gasteiger partial charge in [0, 0.05) is 31.3 Å². The molecule has 0 spiro atoms. The smallest absolute Gasteiger partial charge is 0.350 e. The molecule has 0 fully saturated rings. The van der Waals surface area contributed by atoms with E-state index in [4.69, 9.17) is 4.74 Å². The molecule has 10 nitrogen and oxygen atoms in total. The molecule has 10 heteroatoms. The lowest BCUT2D eigenvalue weighted by atomic mass is 10.2. The third kappa shape index (κ3) is 4.09. The van der Waals surface area contributed by atoms with E-state index >= 15 is 0 Å². The Kier molecular flexibility index (Phi) is 5.51. The van der Waals surface area contributed by atoms with Crippen molar-refractivity contribution in [2.24, 2.45) is 0 Å². The SMILES string of the molecule is CCn1cc(CNC(=O)CCn2cc([N+](=O)[O-])c(OC)n2)c(C)n1. The van der Waals surface area contributed by atoms with Crippen LogP contribution in [0.4, 0.5) is 5.69 Å². The van der Waals surface area contributed by atoms with Crippen LogP contribution in [0.15, 0.2) is 12.4 Å². The minimum atomic E-state index is -0.573. The van der Waals surface area contributed by atoms with Gasteiger partial charge in [-0.05, 0) is 13.8 Å². The molecule has 0 radical (unpaired) electrons. The molecule has 1 amide bonds. The van der Waals surface area contributed by atoms with Crippen molar-refractivity contribution in [2.45, 2.75) is 39.9 Å². The summed E-state index contributed by atoms with van der Waals surface area (Å²) >= 11 is 0. The van der Waals surface area contributed by atoms with Crippen LogP contribution in [0.5, 0.6) is 5.88 Å². The third-order valence-corrected chi connectivity index (χ3v) is 3.52. The number of aryl methyl sites for hydroxylation is 3. The number of nitrogens with one attached hydrogen (secondary N) is 1. The molecule has 0 atom stereocenters. The maximum absolute atomic E-state index is 11.9. The van der Waals surface area contributed by atoms with Gasteiger partial charge in [0.2, 0.25) is 5.91 Å². The standard InChI is InChI=1S/C14H20N6O4/c1-4-18-8-11(10(2)16-18)7-15-13(21)5-6-19-9-12(20(22)23)14(17-19)24-3/h8-9H,4-7H2,1-3H3,(H,15,21). The van der Waals surface area contributed by atoms with Crippen LogP contribution in [-0.2, 0) is 24.4 Å². The molecule has 0 unspecified atom stereocenters. The largest absolute Gasteiger partial charge is 0.475 e. The fourth-order valence-electron chi connectivity index (χ4n) is 2.17. The number of carbonyl (C=O) groups is 1. The molecule has 0 bridgehead atoms. The third-order valence-electron chi connectivity index (χ3n) is 3.52. The lowest BCUT2D eigenvalue weighted by Crippen LogP contribution is -2.24. The first kappa shape index (κ1) is 17.4. The zero-order chi connectivity index (χ0) is 17.7. The Morgan fingerprint density at radius 3 is 2.67 bits per heavy atom. The number of nitro groups is 1. The van der Waals surface area contributed by atoms with Crippen LogP contribution in [0.2, 0.25) is 0 Å². The maximum Gasteiger partial charge on any atom is 0.350 e. The van der Waals surface area contributed by atoms with Crippen LogP contribution >= 0.6 is 0 Å². The van der Waals surface area contributed by atoms with E-state index in [0.29, 0.717) is 6.54 Å². The number of methoxy groups -OCH3 is 1. The van der Waals surface area contributed by atoms with Crippen LogP contribution in [0, 0.1) is 17.0 Å². The van der Waals surface area contributed by atoms with E-state index in [-0.39, 0.29) is 30.4 Å². The highest BCUT2D eigenvalue weighted by atomic mass is 16.6. The van der Waals surface area contributed by atoms with E-state index in [1.807, 2.05) is 24.7 Å². The van der Waals surface area contributed by atoms with Crippen molar-refractivity contribution in [1.82, 2.24) is 24.9 Å². The predicted molar refractivity (Wildman–Crippen MR) is 84.5 cm³/mol. The molecule has 1 N–H and O–H groups in total. The Morgan fingerprint density at radius 1 is 1.38 bits per heavy atom. The van der Waals surface area contributed by atoms with E-state index in [0.717, 1.165) is 17.8 Å². The highest BCUT2D eigenvalue weighted by Gasteiger charge is 2.20. The van der Waals surface area contributed by atoms with Gasteiger partial charge in [-0.15, -0.1) is 5.10 Å². The summed E-state index contributed by atoms with van der Waals surface area (Å²) in [6, 6.07) is 0. The van der Waals surface area contributed by atoms with Crippen molar-refractivity contribution in [1.29, 1.82) is 0 Å². The first-order chi connectivity index (χ1) is 11.4. The van der Waals surface area contributed by atoms with Crippen LogP contribution in [0.1, 0.15) is 24.6 Å². The highest BCUT2D eigenvalue weighted by Crippen LogP contribution is 2.23. The molecule has 0 saturated carbocycles. The van der Waals surface area contributed by atoms with Gasteiger partial charge in [-0.2, -0.15) is 5.10 Å². The van der Waals surface area contributed by atoms with Crippen molar-refractivity contribution >= 4 is 11.6 Å². The fourth-order valence-corrected chi connectivity index (χ4v) is 2.17. The summed E-state index contributed by atoms with van der Waals surface area (Å²) in [6.07, 6.45) is 3.31. The van der Waals surface area contributed by atoms with E-state index < -0.39 is 4.92 Å². The number of ether oxygens (including phenoxy) is 1. The molecular formula is C14H20N6O4. The van der Waals surface area contributed by atoms with E-state index in [9.17, 15) is 14.9 Å². The Balaban J connectivity index is 1.87. The van der Waals surface area contributed by atoms with Gasteiger partial charge in [-0.1, -0.05) is 0 Å². The number of carbonyl (C=O) groups excluding carboxylic acids is 1. The van der Waals surface area contributed by atoms with Gasteiger partial charge < -0.3 is 10.1 Å². The van der Waals surface area contributed by atoms with Gasteiger partial charge in [0.15, 0.2) is 0 Å². The number of amides is 1. The molecule has 2 aromatic heterocycles. The average molecular weight is 336 g/mol. The molecular weight excluding hydrogens is 316 g/mol. The van der Waals surface area contributed by atoms with Crippen LogP contribution in [-0.4, -0.2) is 37.5 Å². The van der Waals surface area contributed by atoms with Crippen LogP contribution < -0.4 is 10.1 Å². The maximum atomic E-state index is 11.9. The fraction of sp³-hybridized carbons (Fsp3) is 0.500. The molecule has 2 aromatic rings. The minimum Gasteiger partial charge on any atom is -0.475 e. The second-order valence-corrected chi connectivity index (χ2v) is 5.17. The normalized spacial score (nSPS) is 10.6. The van der Waals surface area contributed by atoms with Crippen molar-refractivity contribution in [3.8, 4) is 5.88 Å². The summed E-state index contributed by atoms with van der Waals surface area (Å²) in [7, 11) is 1.31. The van der Waals surface area contributed by atoms with Crippen LogP contribution in [0.25, 0.3) is 0 Å². The topological polar surface area (TPSA) is 117 Å². The summed E-state index contributed by atoms with van der Waals surface area (Å²) in [5, 5.41) is 21.9. The zero-order valence-electron chi connectivity index (χ0n) is 13.9. The summed E-state index contributed by atoms with van der Waals surface area (Å²) in [5.74, 6) is -0.237. The second kappa shape index (κ2) is 7.57. The molecule has 2 rings (SSSR count). The zero-order valence-corrected chi connectivity index (χ0v) is 13.9. The van der Waals surface area contributed by atoms with Gasteiger partial charge in [-0.25, -0.2) is 0 Å². The Hall–Kier alpha value is -2.91. The predicted octanol–water partition coefficient (Wildman–Crippen LogP) is 1.03. The molecule has 0 aliphatic heterocycles. The Bertz CT molecular complexity index is 736. The Morgan fingerprint density at radius 2 is 2.12 bits per heavy atom. The number of aromatic nitrogens is 4. The van der Waals surface area contributed by atoms with Gasteiger partial charge in [0.25, 0.3) is 0 Å². The first-order valence-electron chi connectivity index (χ1n) is 7.50. The molecule has 0 aliphatic rings. The number of hydrogen-bond acceptors (Lipinski definition) is 6. The molecule has 2 heterocycles. The number of hydrogen-bond donors (Lipinski definition) is 1. The van der Waals surface area contributed by atoms with E-state index in [1.54, 1.807) is 0 Å². The number of rotatable bonds is 8. The Labute approximate surface area is 138 Å². The van der Waals surface area contributed by atoms with Gasteiger partial charge in [0.05, 0.1) is 24.3 Å². The summed E-state index contributed by atoms with van der Waals surface area (Å²) in [4.78, 5) is 22.2. The van der Waals surface area contributed by atoms with E-state index in [2.05, 4.69) is 15.5 Å². The molecule has 0 aromatic carbocycles. The van der Waals surface area contributed by atoms with Crippen LogP contribution in [0.3, 0.4) is 0 Å². The highest BCUT2D eigenvalue weighted by molar-refractivity contribution is 5.75. The van der Waals surface area contributed by atoms with Gasteiger partial charge >= 0.3 is 11.6 Å². The van der Waals surface area contributed by atoms with Crippen molar-refractivity contribution in [3.05, 3.63) is 33.8 Å². The van der Waals surface area contributed by atoms with Gasteiger partial charge in [-0.3, -0.25) is 24.3 Å². The monoisotopic (exact) mass is 336 g/mol. The van der Waals surface area contributed by atoms with Crippen molar-refractivity contribution in [2.75, 3.05) is 7.11 Å². The van der Waals surface area contributed by atoms with Gasteiger partial charge in [0.1, 0.15) is 6.20 Å². The number of nitrogens with zero attached hydrogens (tertiary/aromatic N) is 5. The molecule has 0 saturated heterocycles. The summed E-state index contributed by atoms with van der Waals surface area (Å²) in [5.41, 5.74) is 1.62. The minimum absolute atomic E-state index is 0.0667. The first-order valence-corrected chi connectivity index (χ1v) is 7.50. The molecule has 24 heavy (non-hydrogen) atoms. The summed E-state index contributed by atoms with van der Waals surface area (Å²) < 4.78 is 7.98. The molecule has 0 aliphatic carbocycles.